The SMILES string of the molecule is CCC1CC1NC(=O)c1ccc(Cl)nn1. The van der Waals surface area contributed by atoms with Gasteiger partial charge in [0.1, 0.15) is 0 Å². The summed E-state index contributed by atoms with van der Waals surface area (Å²) in [6.45, 7) is 2.12. The second-order valence-electron chi connectivity index (χ2n) is 3.73. The van der Waals surface area contributed by atoms with Crippen molar-refractivity contribution in [2.75, 3.05) is 0 Å². The van der Waals surface area contributed by atoms with Crippen molar-refractivity contribution in [3.8, 4) is 0 Å². The third-order valence-corrected chi connectivity index (χ3v) is 2.83. The van der Waals surface area contributed by atoms with E-state index in [2.05, 4.69) is 22.4 Å². The third-order valence-electron chi connectivity index (χ3n) is 2.63. The lowest BCUT2D eigenvalue weighted by Gasteiger charge is -2.02. The Bertz CT molecular complexity index is 365. The highest BCUT2D eigenvalue weighted by Gasteiger charge is 2.36. The molecule has 2 atom stereocenters. The average molecular weight is 226 g/mol. The van der Waals surface area contributed by atoms with Crippen LogP contribution < -0.4 is 5.32 Å². The molecule has 1 aliphatic carbocycles. The standard InChI is InChI=1S/C10H12ClN3O/c1-2-6-5-8(6)12-10(15)7-3-4-9(11)14-13-7/h3-4,6,8H,2,5H2,1H3,(H,12,15). The molecular weight excluding hydrogens is 214 g/mol. The Hall–Kier alpha value is -1.16. The Morgan fingerprint density at radius 1 is 1.60 bits per heavy atom. The van der Waals surface area contributed by atoms with E-state index in [-0.39, 0.29) is 5.91 Å². The first kappa shape index (κ1) is 10.4. The molecule has 0 spiro atoms. The molecule has 1 N–H and O–H groups in total. The number of nitrogens with zero attached hydrogens (tertiary/aromatic N) is 2. The van der Waals surface area contributed by atoms with Crippen molar-refractivity contribution in [3.63, 3.8) is 0 Å². The van der Waals surface area contributed by atoms with Gasteiger partial charge >= 0.3 is 0 Å². The van der Waals surface area contributed by atoms with E-state index < -0.39 is 0 Å². The number of carbonyl (C=O) groups is 1. The van der Waals surface area contributed by atoms with Crippen molar-refractivity contribution in [1.82, 2.24) is 15.5 Å². The second-order valence-corrected chi connectivity index (χ2v) is 4.11. The smallest absolute Gasteiger partial charge is 0.272 e. The van der Waals surface area contributed by atoms with E-state index in [1.807, 2.05) is 0 Å². The quantitative estimate of drug-likeness (QED) is 0.851. The van der Waals surface area contributed by atoms with Crippen LogP contribution in [-0.2, 0) is 0 Å². The second kappa shape index (κ2) is 4.14. The molecule has 15 heavy (non-hydrogen) atoms. The summed E-state index contributed by atoms with van der Waals surface area (Å²) in [7, 11) is 0. The van der Waals surface area contributed by atoms with Gasteiger partial charge in [-0.3, -0.25) is 4.79 Å². The number of amides is 1. The highest BCUT2D eigenvalue weighted by atomic mass is 35.5. The van der Waals surface area contributed by atoms with Crippen molar-refractivity contribution in [1.29, 1.82) is 0 Å². The lowest BCUT2D eigenvalue weighted by atomic mass is 10.3. The molecule has 0 bridgehead atoms. The van der Waals surface area contributed by atoms with Gasteiger partial charge in [0.05, 0.1) is 0 Å². The molecule has 0 aromatic carbocycles. The molecule has 1 saturated carbocycles. The van der Waals surface area contributed by atoms with Crippen molar-refractivity contribution < 1.29 is 4.79 Å². The van der Waals surface area contributed by atoms with Crippen LogP contribution in [0.3, 0.4) is 0 Å². The molecule has 1 aliphatic rings. The molecule has 1 aromatic heterocycles. The molecule has 4 nitrogen and oxygen atoms in total. The van der Waals surface area contributed by atoms with Crippen LogP contribution in [0.25, 0.3) is 0 Å². The summed E-state index contributed by atoms with van der Waals surface area (Å²) in [6, 6.07) is 3.46. The molecule has 2 rings (SSSR count). The highest BCUT2D eigenvalue weighted by molar-refractivity contribution is 6.29. The summed E-state index contributed by atoms with van der Waals surface area (Å²) in [6.07, 6.45) is 2.18. The van der Waals surface area contributed by atoms with Gasteiger partial charge < -0.3 is 5.32 Å². The Kier molecular flexibility index (Phi) is 2.86. The third kappa shape index (κ3) is 2.45. The maximum atomic E-state index is 11.6. The molecule has 80 valence electrons. The van der Waals surface area contributed by atoms with E-state index in [0.717, 1.165) is 12.8 Å². The summed E-state index contributed by atoms with van der Waals surface area (Å²) in [4.78, 5) is 11.6. The number of aromatic nitrogens is 2. The van der Waals surface area contributed by atoms with Crippen molar-refractivity contribution >= 4 is 17.5 Å². The van der Waals surface area contributed by atoms with Crippen LogP contribution in [0.15, 0.2) is 12.1 Å². The van der Waals surface area contributed by atoms with Crippen molar-refractivity contribution in [2.45, 2.75) is 25.8 Å². The van der Waals surface area contributed by atoms with Crippen molar-refractivity contribution in [2.24, 2.45) is 5.92 Å². The van der Waals surface area contributed by atoms with E-state index in [4.69, 9.17) is 11.6 Å². The van der Waals surface area contributed by atoms with Gasteiger partial charge in [0.2, 0.25) is 0 Å². The van der Waals surface area contributed by atoms with Gasteiger partial charge in [0, 0.05) is 6.04 Å². The predicted molar refractivity (Wildman–Crippen MR) is 56.7 cm³/mol. The van der Waals surface area contributed by atoms with E-state index in [1.54, 1.807) is 12.1 Å². The first-order valence-corrected chi connectivity index (χ1v) is 5.38. The zero-order valence-corrected chi connectivity index (χ0v) is 9.16. The molecule has 1 amide bonds. The summed E-state index contributed by atoms with van der Waals surface area (Å²) < 4.78 is 0. The monoisotopic (exact) mass is 225 g/mol. The van der Waals surface area contributed by atoms with Crippen LogP contribution in [0.2, 0.25) is 5.15 Å². The molecule has 1 fully saturated rings. The largest absolute Gasteiger partial charge is 0.348 e. The molecule has 0 aliphatic heterocycles. The minimum absolute atomic E-state index is 0.167. The number of halogens is 1. The molecule has 1 aromatic rings. The minimum atomic E-state index is -0.167. The normalized spacial score (nSPS) is 23.6. The molecular formula is C10H12ClN3O. The molecule has 2 unspecified atom stereocenters. The van der Waals surface area contributed by atoms with Gasteiger partial charge in [-0.15, -0.1) is 10.2 Å². The van der Waals surface area contributed by atoms with Crippen LogP contribution >= 0.6 is 11.6 Å². The van der Waals surface area contributed by atoms with E-state index in [0.29, 0.717) is 22.8 Å². The van der Waals surface area contributed by atoms with Crippen LogP contribution in [0.4, 0.5) is 0 Å². The first-order valence-electron chi connectivity index (χ1n) is 5.00. The summed E-state index contributed by atoms with van der Waals surface area (Å²) >= 11 is 5.57. The van der Waals surface area contributed by atoms with Crippen LogP contribution in [0, 0.1) is 5.92 Å². The lowest BCUT2D eigenvalue weighted by molar-refractivity contribution is 0.0943. The fraction of sp³-hybridized carbons (Fsp3) is 0.500. The van der Waals surface area contributed by atoms with Crippen LogP contribution in [0.1, 0.15) is 30.3 Å². The lowest BCUT2D eigenvalue weighted by Crippen LogP contribution is -2.27. The molecule has 1 heterocycles. The molecule has 5 heteroatoms. The molecule has 0 radical (unpaired) electrons. The van der Waals surface area contributed by atoms with Crippen LogP contribution in [-0.4, -0.2) is 22.1 Å². The zero-order valence-electron chi connectivity index (χ0n) is 8.40. The topological polar surface area (TPSA) is 54.9 Å². The number of nitrogens with one attached hydrogen (secondary N) is 1. The first-order chi connectivity index (χ1) is 7.20. The fourth-order valence-electron chi connectivity index (χ4n) is 1.55. The zero-order chi connectivity index (χ0) is 10.8. The van der Waals surface area contributed by atoms with Gasteiger partial charge in [0.15, 0.2) is 10.8 Å². The number of rotatable bonds is 3. The Morgan fingerprint density at radius 3 is 2.93 bits per heavy atom. The fourth-order valence-corrected chi connectivity index (χ4v) is 1.66. The highest BCUT2D eigenvalue weighted by Crippen LogP contribution is 2.33. The van der Waals surface area contributed by atoms with Gasteiger partial charge in [-0.25, -0.2) is 0 Å². The predicted octanol–water partition coefficient (Wildman–Crippen LogP) is 1.66. The Balaban J connectivity index is 1.94. The van der Waals surface area contributed by atoms with Gasteiger partial charge in [-0.1, -0.05) is 24.9 Å². The Morgan fingerprint density at radius 2 is 2.40 bits per heavy atom. The van der Waals surface area contributed by atoms with Gasteiger partial charge in [-0.05, 0) is 24.5 Å². The van der Waals surface area contributed by atoms with E-state index in [9.17, 15) is 4.79 Å². The minimum Gasteiger partial charge on any atom is -0.348 e. The number of hydrogen-bond acceptors (Lipinski definition) is 3. The van der Waals surface area contributed by atoms with Gasteiger partial charge in [0.25, 0.3) is 5.91 Å². The van der Waals surface area contributed by atoms with Gasteiger partial charge in [-0.2, -0.15) is 0 Å². The van der Waals surface area contributed by atoms with Crippen molar-refractivity contribution in [3.05, 3.63) is 23.0 Å². The molecule has 0 saturated heterocycles. The van der Waals surface area contributed by atoms with E-state index >= 15 is 0 Å². The van der Waals surface area contributed by atoms with E-state index in [1.165, 1.54) is 0 Å². The maximum Gasteiger partial charge on any atom is 0.272 e. The Labute approximate surface area is 93.0 Å². The number of carbonyl (C=O) groups excluding carboxylic acids is 1. The maximum absolute atomic E-state index is 11.6. The van der Waals surface area contributed by atoms with Crippen LogP contribution in [0.5, 0.6) is 0 Å². The number of hydrogen-bond donors (Lipinski definition) is 1. The summed E-state index contributed by atoms with van der Waals surface area (Å²) in [5.74, 6) is 0.467. The summed E-state index contributed by atoms with van der Waals surface area (Å²) in [5, 5.41) is 10.5. The average Bonchev–Trinajstić information content (AvgIpc) is 2.97. The summed E-state index contributed by atoms with van der Waals surface area (Å²) in [5.41, 5.74) is 0.321.